The average Bonchev–Trinajstić information content (AvgIpc) is 3.46. The second kappa shape index (κ2) is 7.78. The predicted octanol–water partition coefficient (Wildman–Crippen LogP) is 1.57. The van der Waals surface area contributed by atoms with Crippen LogP contribution >= 0.6 is 0 Å². The van der Waals surface area contributed by atoms with E-state index >= 15 is 0 Å². The highest BCUT2D eigenvalue weighted by atomic mass is 16.5. The van der Waals surface area contributed by atoms with E-state index in [1.807, 2.05) is 42.5 Å². The number of ether oxygens (including phenoxy) is 1. The molecular formula is C20H21N5O4. The molecule has 3 aromatic rings. The Morgan fingerprint density at radius 3 is 3.00 bits per heavy atom. The highest BCUT2D eigenvalue weighted by Gasteiger charge is 2.32. The molecule has 2 aliphatic heterocycles. The van der Waals surface area contributed by atoms with Crippen molar-refractivity contribution in [1.29, 1.82) is 0 Å². The molecule has 0 saturated heterocycles. The first-order valence-electron chi connectivity index (χ1n) is 9.24. The molecule has 1 aromatic carbocycles. The summed E-state index contributed by atoms with van der Waals surface area (Å²) in [5.74, 6) is 0.957. The molecule has 0 radical (unpaired) electrons. The van der Waals surface area contributed by atoms with Crippen LogP contribution in [0.15, 0.2) is 36.9 Å². The number of imidazole rings is 1. The zero-order valence-electron chi connectivity index (χ0n) is 15.9. The molecule has 1 atom stereocenters. The van der Waals surface area contributed by atoms with Gasteiger partial charge in [-0.05, 0) is 23.8 Å². The zero-order valence-corrected chi connectivity index (χ0v) is 15.9. The van der Waals surface area contributed by atoms with Gasteiger partial charge >= 0.3 is 0 Å². The number of hydrogen-bond acceptors (Lipinski definition) is 5. The van der Waals surface area contributed by atoms with Crippen molar-refractivity contribution < 1.29 is 19.4 Å². The van der Waals surface area contributed by atoms with Crippen molar-refractivity contribution in [2.45, 2.75) is 18.9 Å². The molecule has 2 aliphatic rings. The number of benzene rings is 1. The molecule has 9 nitrogen and oxygen atoms in total. The van der Waals surface area contributed by atoms with Crippen LogP contribution in [0.5, 0.6) is 5.75 Å². The van der Waals surface area contributed by atoms with Crippen molar-refractivity contribution in [1.82, 2.24) is 24.6 Å². The van der Waals surface area contributed by atoms with Gasteiger partial charge in [0.25, 0.3) is 12.4 Å². The van der Waals surface area contributed by atoms with Crippen LogP contribution in [0.4, 0.5) is 0 Å². The van der Waals surface area contributed by atoms with E-state index < -0.39 is 0 Å². The van der Waals surface area contributed by atoms with E-state index in [-0.39, 0.29) is 18.3 Å². The Hall–Kier alpha value is -3.62. The smallest absolute Gasteiger partial charge is 0.290 e. The SMILES string of the molecule is Cn1cc(C2CN(C(=O)c3ccc4c(c3)CCO4)Cc3[nH]cnc32)cn1.O=CO. The normalized spacial score (nSPS) is 16.9. The van der Waals surface area contributed by atoms with Gasteiger partial charge in [0.05, 0.1) is 37.1 Å². The Morgan fingerprint density at radius 1 is 1.41 bits per heavy atom. The molecule has 1 unspecified atom stereocenters. The summed E-state index contributed by atoms with van der Waals surface area (Å²) in [6, 6.07) is 5.72. The summed E-state index contributed by atoms with van der Waals surface area (Å²) in [4.78, 5) is 31.1. The number of carboxylic acid groups (broad SMARTS) is 1. The second-order valence-electron chi connectivity index (χ2n) is 6.98. The van der Waals surface area contributed by atoms with E-state index in [1.165, 1.54) is 0 Å². The predicted molar refractivity (Wildman–Crippen MR) is 103 cm³/mol. The molecule has 150 valence electrons. The number of aromatic nitrogens is 4. The fraction of sp³-hybridized carbons (Fsp3) is 0.300. The third-order valence-electron chi connectivity index (χ3n) is 5.18. The maximum absolute atomic E-state index is 13.1. The Bertz CT molecular complexity index is 1040. The first-order valence-corrected chi connectivity index (χ1v) is 9.24. The van der Waals surface area contributed by atoms with Gasteiger partial charge in [-0.1, -0.05) is 0 Å². The maximum atomic E-state index is 13.1. The third-order valence-corrected chi connectivity index (χ3v) is 5.18. The van der Waals surface area contributed by atoms with Crippen LogP contribution < -0.4 is 4.74 Å². The lowest BCUT2D eigenvalue weighted by Gasteiger charge is -2.31. The number of rotatable bonds is 2. The van der Waals surface area contributed by atoms with E-state index in [2.05, 4.69) is 15.1 Å². The van der Waals surface area contributed by atoms with Crippen molar-refractivity contribution in [3.05, 3.63) is 65.0 Å². The summed E-state index contributed by atoms with van der Waals surface area (Å²) in [5, 5.41) is 11.2. The van der Waals surface area contributed by atoms with Gasteiger partial charge in [-0.15, -0.1) is 0 Å². The number of amides is 1. The van der Waals surface area contributed by atoms with Crippen LogP contribution in [-0.2, 0) is 24.8 Å². The molecule has 0 bridgehead atoms. The molecule has 2 aromatic heterocycles. The lowest BCUT2D eigenvalue weighted by Crippen LogP contribution is -2.38. The first kappa shape index (κ1) is 18.7. The van der Waals surface area contributed by atoms with E-state index in [0.29, 0.717) is 25.3 Å². The van der Waals surface area contributed by atoms with Gasteiger partial charge in [-0.2, -0.15) is 5.10 Å². The highest BCUT2D eigenvalue weighted by molar-refractivity contribution is 5.95. The number of nitrogens with zero attached hydrogens (tertiary/aromatic N) is 4. The van der Waals surface area contributed by atoms with Crippen molar-refractivity contribution in [3.8, 4) is 5.75 Å². The fourth-order valence-electron chi connectivity index (χ4n) is 3.86. The van der Waals surface area contributed by atoms with Crippen LogP contribution in [0.25, 0.3) is 0 Å². The van der Waals surface area contributed by atoms with Crippen molar-refractivity contribution >= 4 is 12.4 Å². The summed E-state index contributed by atoms with van der Waals surface area (Å²) in [7, 11) is 1.90. The van der Waals surface area contributed by atoms with E-state index in [4.69, 9.17) is 14.6 Å². The topological polar surface area (TPSA) is 113 Å². The number of aromatic amines is 1. The van der Waals surface area contributed by atoms with E-state index in [1.54, 1.807) is 11.0 Å². The second-order valence-corrected chi connectivity index (χ2v) is 6.98. The molecule has 4 heterocycles. The monoisotopic (exact) mass is 395 g/mol. The summed E-state index contributed by atoms with van der Waals surface area (Å²) in [6.45, 7) is 1.58. The minimum absolute atomic E-state index is 0.0282. The Balaban J connectivity index is 0.000000645. The van der Waals surface area contributed by atoms with E-state index in [0.717, 1.165) is 34.7 Å². The molecule has 1 amide bonds. The highest BCUT2D eigenvalue weighted by Crippen LogP contribution is 2.33. The lowest BCUT2D eigenvalue weighted by atomic mass is 9.92. The van der Waals surface area contributed by atoms with Gasteiger partial charge in [-0.3, -0.25) is 14.3 Å². The number of hydrogen-bond donors (Lipinski definition) is 2. The maximum Gasteiger partial charge on any atom is 0.290 e. The van der Waals surface area contributed by atoms with Crippen molar-refractivity contribution in [2.24, 2.45) is 7.05 Å². The quantitative estimate of drug-likeness (QED) is 0.637. The molecule has 0 saturated carbocycles. The summed E-state index contributed by atoms with van der Waals surface area (Å²) >= 11 is 0. The Morgan fingerprint density at radius 2 is 2.24 bits per heavy atom. The van der Waals surface area contributed by atoms with Crippen LogP contribution in [0, 0.1) is 0 Å². The van der Waals surface area contributed by atoms with E-state index in [9.17, 15) is 4.79 Å². The standard InChI is InChI=1S/C19H19N5O2.CH2O2/c1-23-8-14(7-22-23)15-9-24(10-16-18(15)21-11-20-16)19(25)13-2-3-17-12(6-13)4-5-26-17;2-1-3/h2-3,6-8,11,15H,4-5,9-10H2,1H3,(H,20,21);1H,(H,2,3). The van der Waals surface area contributed by atoms with Crippen molar-refractivity contribution in [3.63, 3.8) is 0 Å². The number of H-pyrrole nitrogens is 1. The minimum atomic E-state index is -0.250. The largest absolute Gasteiger partial charge is 0.493 e. The van der Waals surface area contributed by atoms with Crippen LogP contribution in [0.2, 0.25) is 0 Å². The van der Waals surface area contributed by atoms with Gasteiger partial charge < -0.3 is 19.7 Å². The number of fused-ring (bicyclic) bond motifs is 2. The lowest BCUT2D eigenvalue weighted by molar-refractivity contribution is -0.122. The zero-order chi connectivity index (χ0) is 20.4. The van der Waals surface area contributed by atoms with Gasteiger partial charge in [-0.25, -0.2) is 4.98 Å². The van der Waals surface area contributed by atoms with Gasteiger partial charge in [0.1, 0.15) is 5.75 Å². The van der Waals surface area contributed by atoms with Gasteiger partial charge in [0, 0.05) is 43.3 Å². The number of carbonyl (C=O) groups excluding carboxylic acids is 1. The van der Waals surface area contributed by atoms with Crippen LogP contribution in [0.3, 0.4) is 0 Å². The Labute approximate surface area is 166 Å². The van der Waals surface area contributed by atoms with Gasteiger partial charge in [0.2, 0.25) is 0 Å². The molecule has 0 fully saturated rings. The molecule has 0 spiro atoms. The first-order chi connectivity index (χ1) is 14.1. The van der Waals surface area contributed by atoms with Crippen LogP contribution in [-0.4, -0.2) is 55.3 Å². The third kappa shape index (κ3) is 3.58. The molecular weight excluding hydrogens is 374 g/mol. The number of nitrogens with one attached hydrogen (secondary N) is 1. The summed E-state index contributed by atoms with van der Waals surface area (Å²) < 4.78 is 7.33. The fourth-order valence-corrected chi connectivity index (χ4v) is 3.86. The number of carbonyl (C=O) groups is 2. The molecule has 2 N–H and O–H groups in total. The Kier molecular flexibility index (Phi) is 5.03. The van der Waals surface area contributed by atoms with Crippen molar-refractivity contribution in [2.75, 3.05) is 13.2 Å². The summed E-state index contributed by atoms with van der Waals surface area (Å²) in [6.07, 6.45) is 6.40. The molecule has 0 aliphatic carbocycles. The molecule has 5 rings (SSSR count). The van der Waals surface area contributed by atoms with Crippen LogP contribution in [0.1, 0.15) is 38.8 Å². The van der Waals surface area contributed by atoms with Gasteiger partial charge in [0.15, 0.2) is 0 Å². The minimum Gasteiger partial charge on any atom is -0.493 e. The molecule has 29 heavy (non-hydrogen) atoms. The number of aryl methyl sites for hydroxylation is 1. The molecule has 9 heteroatoms. The average molecular weight is 395 g/mol. The summed E-state index contributed by atoms with van der Waals surface area (Å²) in [5.41, 5.74) is 4.88.